The summed E-state index contributed by atoms with van der Waals surface area (Å²) < 4.78 is 29.4. The maximum atomic E-state index is 12.2. The van der Waals surface area contributed by atoms with Crippen molar-refractivity contribution in [1.82, 2.24) is 13.7 Å². The molecule has 0 aliphatic carbocycles. The fourth-order valence-corrected chi connectivity index (χ4v) is 3.58. The van der Waals surface area contributed by atoms with E-state index in [2.05, 4.69) is 14.7 Å². The van der Waals surface area contributed by atoms with Gasteiger partial charge in [-0.15, -0.1) is 0 Å². The molecule has 0 aromatic carbocycles. The lowest BCUT2D eigenvalue weighted by Gasteiger charge is -2.12. The van der Waals surface area contributed by atoms with Crippen molar-refractivity contribution in [3.8, 4) is 0 Å². The number of nitrogens with zero attached hydrogens (tertiary/aromatic N) is 3. The lowest BCUT2D eigenvalue weighted by molar-refractivity contribution is 0.521. The summed E-state index contributed by atoms with van der Waals surface area (Å²) in [7, 11) is -0.719. The van der Waals surface area contributed by atoms with Crippen molar-refractivity contribution in [2.75, 3.05) is 25.1 Å². The van der Waals surface area contributed by atoms with Crippen molar-refractivity contribution < 1.29 is 8.42 Å². The van der Waals surface area contributed by atoms with Gasteiger partial charge in [0.2, 0.25) is 10.0 Å². The molecule has 0 bridgehead atoms. The average Bonchev–Trinajstić information content (AvgIpc) is 2.79. The van der Waals surface area contributed by atoms with E-state index in [4.69, 9.17) is 5.73 Å². The SMILES string of the molecule is CN(C)S(=O)(=O)c1c(N)nsc1NCc1ccccn1. The third-order valence-corrected chi connectivity index (χ3v) is 5.41. The van der Waals surface area contributed by atoms with E-state index in [-0.39, 0.29) is 10.7 Å². The number of hydrogen-bond donors (Lipinski definition) is 2. The largest absolute Gasteiger partial charge is 0.382 e. The van der Waals surface area contributed by atoms with Gasteiger partial charge in [0.1, 0.15) is 5.00 Å². The Morgan fingerprint density at radius 1 is 1.40 bits per heavy atom. The summed E-state index contributed by atoms with van der Waals surface area (Å²) in [4.78, 5) is 4.18. The van der Waals surface area contributed by atoms with Crippen LogP contribution in [0.15, 0.2) is 29.3 Å². The minimum Gasteiger partial charge on any atom is -0.382 e. The molecule has 0 spiro atoms. The zero-order valence-corrected chi connectivity index (χ0v) is 12.7. The first-order chi connectivity index (χ1) is 9.43. The third-order valence-electron chi connectivity index (χ3n) is 2.57. The highest BCUT2D eigenvalue weighted by molar-refractivity contribution is 7.89. The van der Waals surface area contributed by atoms with Crippen LogP contribution in [0.3, 0.4) is 0 Å². The molecule has 2 heterocycles. The Morgan fingerprint density at radius 2 is 2.15 bits per heavy atom. The molecule has 0 unspecified atom stereocenters. The van der Waals surface area contributed by atoms with Crippen LogP contribution < -0.4 is 11.1 Å². The van der Waals surface area contributed by atoms with Gasteiger partial charge < -0.3 is 11.1 Å². The van der Waals surface area contributed by atoms with E-state index >= 15 is 0 Å². The second-order valence-corrected chi connectivity index (χ2v) is 7.05. The number of nitrogens with one attached hydrogen (secondary N) is 1. The normalized spacial score (nSPS) is 11.8. The van der Waals surface area contributed by atoms with Crippen molar-refractivity contribution in [2.45, 2.75) is 11.4 Å². The summed E-state index contributed by atoms with van der Waals surface area (Å²) in [6.07, 6.45) is 1.68. The molecule has 7 nitrogen and oxygen atoms in total. The van der Waals surface area contributed by atoms with Crippen LogP contribution in [0.5, 0.6) is 0 Å². The van der Waals surface area contributed by atoms with E-state index < -0.39 is 10.0 Å². The van der Waals surface area contributed by atoms with Gasteiger partial charge in [-0.3, -0.25) is 4.98 Å². The van der Waals surface area contributed by atoms with Gasteiger partial charge in [-0.25, -0.2) is 12.7 Å². The Morgan fingerprint density at radius 3 is 2.75 bits per heavy atom. The lowest BCUT2D eigenvalue weighted by atomic mass is 10.3. The van der Waals surface area contributed by atoms with Crippen molar-refractivity contribution in [2.24, 2.45) is 0 Å². The summed E-state index contributed by atoms with van der Waals surface area (Å²) >= 11 is 1.02. The molecule has 0 aliphatic heterocycles. The quantitative estimate of drug-likeness (QED) is 0.853. The molecule has 9 heteroatoms. The van der Waals surface area contributed by atoms with Crippen LogP contribution in [0.1, 0.15) is 5.69 Å². The molecular formula is C11H15N5O2S2. The van der Waals surface area contributed by atoms with Crippen molar-refractivity contribution in [3.05, 3.63) is 30.1 Å². The minimum absolute atomic E-state index is 0.00669. The van der Waals surface area contributed by atoms with Crippen molar-refractivity contribution >= 4 is 32.4 Å². The van der Waals surface area contributed by atoms with Gasteiger partial charge in [-0.2, -0.15) is 4.37 Å². The zero-order valence-electron chi connectivity index (χ0n) is 11.1. The first-order valence-corrected chi connectivity index (χ1v) is 7.95. The van der Waals surface area contributed by atoms with Crippen molar-refractivity contribution in [1.29, 1.82) is 0 Å². The molecule has 2 aromatic heterocycles. The van der Waals surface area contributed by atoms with Crippen LogP contribution in [-0.4, -0.2) is 36.2 Å². The molecule has 108 valence electrons. The highest BCUT2D eigenvalue weighted by atomic mass is 32.2. The van der Waals surface area contributed by atoms with Crippen LogP contribution in [0.4, 0.5) is 10.8 Å². The van der Waals surface area contributed by atoms with Crippen LogP contribution in [-0.2, 0) is 16.6 Å². The van der Waals surface area contributed by atoms with E-state index in [0.717, 1.165) is 21.5 Å². The molecule has 0 amide bonds. The highest BCUT2D eigenvalue weighted by Crippen LogP contribution is 2.33. The Labute approximate surface area is 121 Å². The predicted octanol–water partition coefficient (Wildman–Crippen LogP) is 0.983. The van der Waals surface area contributed by atoms with Crippen molar-refractivity contribution in [3.63, 3.8) is 0 Å². The number of nitrogen functional groups attached to an aromatic ring is 1. The van der Waals surface area contributed by atoms with Crippen LogP contribution in [0.25, 0.3) is 0 Å². The summed E-state index contributed by atoms with van der Waals surface area (Å²) in [5, 5.41) is 3.44. The summed E-state index contributed by atoms with van der Waals surface area (Å²) in [6.45, 7) is 0.401. The van der Waals surface area contributed by atoms with Gasteiger partial charge in [0.25, 0.3) is 0 Å². The smallest absolute Gasteiger partial charge is 0.249 e. The lowest BCUT2D eigenvalue weighted by Crippen LogP contribution is -2.23. The van der Waals surface area contributed by atoms with Crippen LogP contribution >= 0.6 is 11.5 Å². The minimum atomic E-state index is -3.63. The van der Waals surface area contributed by atoms with Gasteiger partial charge in [-0.05, 0) is 23.7 Å². The topological polar surface area (TPSA) is 101 Å². The number of pyridine rings is 1. The summed E-state index contributed by atoms with van der Waals surface area (Å²) in [6, 6.07) is 5.52. The molecule has 0 aliphatic rings. The number of anilines is 2. The van der Waals surface area contributed by atoms with E-state index in [0.29, 0.717) is 11.5 Å². The first-order valence-electron chi connectivity index (χ1n) is 5.74. The Balaban J connectivity index is 2.26. The molecule has 3 N–H and O–H groups in total. The first kappa shape index (κ1) is 14.7. The number of nitrogens with two attached hydrogens (primary N) is 1. The Kier molecular flexibility index (Phi) is 4.21. The molecule has 20 heavy (non-hydrogen) atoms. The van der Waals surface area contributed by atoms with E-state index in [1.165, 1.54) is 14.1 Å². The van der Waals surface area contributed by atoms with Gasteiger partial charge in [-0.1, -0.05) is 6.07 Å². The zero-order chi connectivity index (χ0) is 14.8. The Bertz CT molecular complexity index is 682. The molecule has 0 radical (unpaired) electrons. The van der Waals surface area contributed by atoms with Gasteiger partial charge in [0.05, 0.1) is 12.2 Å². The van der Waals surface area contributed by atoms with Gasteiger partial charge in [0, 0.05) is 20.3 Å². The number of hydrogen-bond acceptors (Lipinski definition) is 7. The summed E-state index contributed by atoms with van der Waals surface area (Å²) in [5.74, 6) is 0.00669. The second-order valence-electron chi connectivity index (χ2n) is 4.19. The number of rotatable bonds is 5. The monoisotopic (exact) mass is 313 g/mol. The molecule has 0 fully saturated rings. The van der Waals surface area contributed by atoms with E-state index in [9.17, 15) is 8.42 Å². The molecule has 2 rings (SSSR count). The maximum absolute atomic E-state index is 12.2. The molecule has 0 saturated carbocycles. The van der Waals surface area contributed by atoms with E-state index in [1.54, 1.807) is 6.20 Å². The van der Waals surface area contributed by atoms with E-state index in [1.807, 2.05) is 18.2 Å². The van der Waals surface area contributed by atoms with Crippen LogP contribution in [0.2, 0.25) is 0 Å². The maximum Gasteiger partial charge on any atom is 0.249 e. The average molecular weight is 313 g/mol. The van der Waals surface area contributed by atoms with Gasteiger partial charge in [0.15, 0.2) is 10.7 Å². The highest BCUT2D eigenvalue weighted by Gasteiger charge is 2.27. The van der Waals surface area contributed by atoms with Gasteiger partial charge >= 0.3 is 0 Å². The van der Waals surface area contributed by atoms with Crippen LogP contribution in [0, 0.1) is 0 Å². The standard InChI is InChI=1S/C11H15N5O2S2/c1-16(2)20(17,18)9-10(12)15-19-11(9)14-7-8-5-3-4-6-13-8/h3-6,14H,7H2,1-2H3,(H2,12,15). The number of aromatic nitrogens is 2. The molecular weight excluding hydrogens is 298 g/mol. The third kappa shape index (κ3) is 2.89. The molecule has 0 saturated heterocycles. The predicted molar refractivity (Wildman–Crippen MR) is 79.0 cm³/mol. The fourth-order valence-electron chi connectivity index (χ4n) is 1.51. The molecule has 0 atom stereocenters. The number of sulfonamides is 1. The second kappa shape index (κ2) is 5.73. The fraction of sp³-hybridized carbons (Fsp3) is 0.273. The summed E-state index contributed by atoms with van der Waals surface area (Å²) in [5.41, 5.74) is 6.47. The molecule has 2 aromatic rings. The Hall–Kier alpha value is -1.71.